The van der Waals surface area contributed by atoms with Crippen LogP contribution in [0.2, 0.25) is 0 Å². The van der Waals surface area contributed by atoms with E-state index < -0.39 is 0 Å². The summed E-state index contributed by atoms with van der Waals surface area (Å²) in [7, 11) is 0. The molecule has 1 fully saturated rings. The Labute approximate surface area is 100 Å². The molecule has 3 N–H and O–H groups in total. The predicted octanol–water partition coefficient (Wildman–Crippen LogP) is 0.633. The number of anilines is 1. The van der Waals surface area contributed by atoms with Gasteiger partial charge in [0, 0.05) is 12.6 Å². The lowest BCUT2D eigenvalue weighted by atomic mass is 10.1. The highest BCUT2D eigenvalue weighted by Gasteiger charge is 2.31. The zero-order chi connectivity index (χ0) is 12.4. The molecule has 92 valence electrons. The van der Waals surface area contributed by atoms with Crippen molar-refractivity contribution in [3.8, 4) is 0 Å². The number of amides is 1. The summed E-state index contributed by atoms with van der Waals surface area (Å²) < 4.78 is 0. The Kier molecular flexibility index (Phi) is 3.23. The normalized spacial score (nSPS) is 23.8. The van der Waals surface area contributed by atoms with Gasteiger partial charge in [0.25, 0.3) is 5.91 Å². The topological polar surface area (TPSA) is 84.1 Å². The van der Waals surface area contributed by atoms with Gasteiger partial charge in [-0.1, -0.05) is 6.92 Å². The van der Waals surface area contributed by atoms with Gasteiger partial charge in [-0.05, 0) is 19.3 Å². The summed E-state index contributed by atoms with van der Waals surface area (Å²) >= 11 is 0. The van der Waals surface area contributed by atoms with Crippen LogP contribution in [-0.2, 0) is 0 Å². The van der Waals surface area contributed by atoms with E-state index in [0.29, 0.717) is 17.4 Å². The minimum absolute atomic E-state index is 0.0774. The highest BCUT2D eigenvalue weighted by atomic mass is 16.2. The Morgan fingerprint density at radius 2 is 2.29 bits per heavy atom. The smallest absolute Gasteiger partial charge is 0.274 e. The van der Waals surface area contributed by atoms with Crippen molar-refractivity contribution in [2.24, 2.45) is 11.8 Å². The Balaban J connectivity index is 2.19. The summed E-state index contributed by atoms with van der Waals surface area (Å²) in [6.07, 6.45) is 3.99. The average Bonchev–Trinajstić information content (AvgIpc) is 2.67. The maximum atomic E-state index is 12.2. The van der Waals surface area contributed by atoms with E-state index in [1.807, 2.05) is 4.90 Å². The summed E-state index contributed by atoms with van der Waals surface area (Å²) in [5.74, 6) is 6.11. The van der Waals surface area contributed by atoms with Gasteiger partial charge in [0.05, 0.1) is 12.4 Å². The molecule has 0 aliphatic carbocycles. The third-order valence-electron chi connectivity index (χ3n) is 3.05. The van der Waals surface area contributed by atoms with E-state index in [9.17, 15) is 4.79 Å². The molecule has 0 spiro atoms. The first-order valence-electron chi connectivity index (χ1n) is 5.71. The maximum absolute atomic E-state index is 12.2. The van der Waals surface area contributed by atoms with Gasteiger partial charge < -0.3 is 10.3 Å². The lowest BCUT2D eigenvalue weighted by Gasteiger charge is -2.20. The van der Waals surface area contributed by atoms with Crippen LogP contribution >= 0.6 is 0 Å². The van der Waals surface area contributed by atoms with Gasteiger partial charge in [0.15, 0.2) is 5.82 Å². The van der Waals surface area contributed by atoms with E-state index >= 15 is 0 Å². The van der Waals surface area contributed by atoms with Crippen molar-refractivity contribution < 1.29 is 4.79 Å². The lowest BCUT2D eigenvalue weighted by Crippen LogP contribution is -2.34. The molecule has 2 unspecified atom stereocenters. The van der Waals surface area contributed by atoms with E-state index in [1.54, 1.807) is 0 Å². The fourth-order valence-corrected chi connectivity index (χ4v) is 2.27. The van der Waals surface area contributed by atoms with Crippen molar-refractivity contribution in [3.63, 3.8) is 0 Å². The summed E-state index contributed by atoms with van der Waals surface area (Å²) in [4.78, 5) is 22.1. The highest BCUT2D eigenvalue weighted by molar-refractivity contribution is 5.92. The molecule has 2 atom stereocenters. The highest BCUT2D eigenvalue weighted by Crippen LogP contribution is 2.23. The number of nitrogens with one attached hydrogen (secondary N) is 1. The van der Waals surface area contributed by atoms with Crippen LogP contribution in [0.25, 0.3) is 0 Å². The van der Waals surface area contributed by atoms with Crippen LogP contribution in [0.1, 0.15) is 30.8 Å². The molecule has 1 aliphatic rings. The number of hydrogen-bond acceptors (Lipinski definition) is 5. The molecule has 17 heavy (non-hydrogen) atoms. The van der Waals surface area contributed by atoms with Crippen LogP contribution < -0.4 is 11.3 Å². The second-order valence-electron chi connectivity index (χ2n) is 4.58. The van der Waals surface area contributed by atoms with E-state index in [2.05, 4.69) is 29.2 Å². The Hall–Kier alpha value is -1.69. The zero-order valence-corrected chi connectivity index (χ0v) is 10.1. The number of carbonyl (C=O) groups is 1. The standard InChI is InChI=1S/C11H17N5O/c1-7-3-8(2)16(6-7)11(17)9-4-13-5-10(14-9)15-12/h4-5,7-8H,3,6,12H2,1-2H3,(H,14,15). The van der Waals surface area contributed by atoms with Crippen LogP contribution in [0.4, 0.5) is 5.82 Å². The fraction of sp³-hybridized carbons (Fsp3) is 0.545. The SMILES string of the molecule is CC1CC(C)N(C(=O)c2cncc(NN)n2)C1. The number of hydrazine groups is 1. The maximum Gasteiger partial charge on any atom is 0.274 e. The minimum atomic E-state index is -0.0774. The second kappa shape index (κ2) is 4.67. The monoisotopic (exact) mass is 235 g/mol. The first kappa shape index (κ1) is 11.8. The summed E-state index contributed by atoms with van der Waals surface area (Å²) in [5.41, 5.74) is 2.72. The van der Waals surface area contributed by atoms with Crippen molar-refractivity contribution in [1.29, 1.82) is 0 Å². The van der Waals surface area contributed by atoms with Crippen LogP contribution in [0.15, 0.2) is 12.4 Å². The molecule has 0 bridgehead atoms. The molecule has 2 heterocycles. The van der Waals surface area contributed by atoms with Crippen LogP contribution in [0, 0.1) is 5.92 Å². The van der Waals surface area contributed by atoms with Gasteiger partial charge in [-0.3, -0.25) is 9.78 Å². The Bertz CT molecular complexity index is 422. The summed E-state index contributed by atoms with van der Waals surface area (Å²) in [5, 5.41) is 0. The van der Waals surface area contributed by atoms with Crippen molar-refractivity contribution in [2.45, 2.75) is 26.3 Å². The molecule has 1 aromatic rings. The van der Waals surface area contributed by atoms with Crippen LogP contribution in [-0.4, -0.2) is 33.4 Å². The molecule has 1 amide bonds. The molecule has 0 radical (unpaired) electrons. The number of aromatic nitrogens is 2. The molecular formula is C11H17N5O. The second-order valence-corrected chi connectivity index (χ2v) is 4.58. The van der Waals surface area contributed by atoms with Crippen LogP contribution in [0.3, 0.4) is 0 Å². The number of nitrogen functional groups attached to an aromatic ring is 1. The lowest BCUT2D eigenvalue weighted by molar-refractivity contribution is 0.0737. The molecule has 0 saturated carbocycles. The van der Waals surface area contributed by atoms with Crippen molar-refractivity contribution in [3.05, 3.63) is 18.1 Å². The van der Waals surface area contributed by atoms with Gasteiger partial charge in [-0.15, -0.1) is 0 Å². The third-order valence-corrected chi connectivity index (χ3v) is 3.05. The summed E-state index contributed by atoms with van der Waals surface area (Å²) in [6, 6.07) is 0.258. The number of nitrogens with two attached hydrogens (primary N) is 1. The molecule has 1 aliphatic heterocycles. The van der Waals surface area contributed by atoms with Crippen molar-refractivity contribution >= 4 is 11.7 Å². The van der Waals surface area contributed by atoms with Gasteiger partial charge in [0.2, 0.25) is 0 Å². The molecule has 2 rings (SSSR count). The fourth-order valence-electron chi connectivity index (χ4n) is 2.27. The molecule has 0 aromatic carbocycles. The van der Waals surface area contributed by atoms with Gasteiger partial charge in [-0.25, -0.2) is 10.8 Å². The predicted molar refractivity (Wildman–Crippen MR) is 64.1 cm³/mol. The van der Waals surface area contributed by atoms with Gasteiger partial charge >= 0.3 is 0 Å². The first-order valence-corrected chi connectivity index (χ1v) is 5.71. The summed E-state index contributed by atoms with van der Waals surface area (Å²) in [6.45, 7) is 4.98. The molecule has 1 saturated heterocycles. The first-order chi connectivity index (χ1) is 8.11. The van der Waals surface area contributed by atoms with Gasteiger partial charge in [-0.2, -0.15) is 0 Å². The number of rotatable bonds is 2. The largest absolute Gasteiger partial charge is 0.334 e. The molecule has 1 aromatic heterocycles. The van der Waals surface area contributed by atoms with Crippen molar-refractivity contribution in [2.75, 3.05) is 12.0 Å². The number of carbonyl (C=O) groups excluding carboxylic acids is 1. The molecule has 6 heteroatoms. The van der Waals surface area contributed by atoms with Crippen molar-refractivity contribution in [1.82, 2.24) is 14.9 Å². The molecule has 6 nitrogen and oxygen atoms in total. The average molecular weight is 235 g/mol. The van der Waals surface area contributed by atoms with Crippen LogP contribution in [0.5, 0.6) is 0 Å². The van der Waals surface area contributed by atoms with E-state index in [4.69, 9.17) is 5.84 Å². The quantitative estimate of drug-likeness (QED) is 0.580. The van der Waals surface area contributed by atoms with Gasteiger partial charge in [0.1, 0.15) is 5.69 Å². The van der Waals surface area contributed by atoms with E-state index in [-0.39, 0.29) is 11.9 Å². The number of hydrogen-bond donors (Lipinski definition) is 2. The van der Waals surface area contributed by atoms with E-state index in [0.717, 1.165) is 13.0 Å². The number of nitrogens with zero attached hydrogens (tertiary/aromatic N) is 3. The van der Waals surface area contributed by atoms with E-state index in [1.165, 1.54) is 12.4 Å². The Morgan fingerprint density at radius 3 is 2.88 bits per heavy atom. The molecular weight excluding hydrogens is 218 g/mol. The zero-order valence-electron chi connectivity index (χ0n) is 10.1. The Morgan fingerprint density at radius 1 is 1.53 bits per heavy atom. The third kappa shape index (κ3) is 2.36. The minimum Gasteiger partial charge on any atom is -0.334 e. The number of likely N-dealkylation sites (tertiary alicyclic amines) is 1.